The fourth-order valence-corrected chi connectivity index (χ4v) is 2.15. The molecular weight excluding hydrogens is 252 g/mol. The van der Waals surface area contributed by atoms with E-state index in [1.54, 1.807) is 7.05 Å². The van der Waals surface area contributed by atoms with Gasteiger partial charge in [-0.2, -0.15) is 5.26 Å². The van der Waals surface area contributed by atoms with Crippen LogP contribution in [0.3, 0.4) is 0 Å². The number of hydrogen-bond acceptors (Lipinski definition) is 3. The van der Waals surface area contributed by atoms with Gasteiger partial charge in [-0.3, -0.25) is 4.79 Å². The van der Waals surface area contributed by atoms with Crippen LogP contribution in [0.5, 0.6) is 0 Å². The molecular formula is C16H22N2O2. The highest BCUT2D eigenvalue weighted by Gasteiger charge is 2.60. The summed E-state index contributed by atoms with van der Waals surface area (Å²) in [4.78, 5) is 11.3. The summed E-state index contributed by atoms with van der Waals surface area (Å²) < 4.78 is 0. The normalized spacial score (nSPS) is 19.4. The van der Waals surface area contributed by atoms with E-state index in [1.807, 2.05) is 20.8 Å². The first-order valence-electron chi connectivity index (χ1n) is 6.94. The fourth-order valence-electron chi connectivity index (χ4n) is 2.15. The molecule has 0 heterocycles. The standard InChI is InChI=1S/C16H22N2O2/c1-5-13(10-14(19)18-4)6-7-16(20,12(2)3)15(11-17)8-9-15/h10,12,20H,5,8-9H2,1-4H3,(H,18,19)/b13-10-/t16-/m0/s1. The first-order valence-corrected chi connectivity index (χ1v) is 6.94. The molecule has 20 heavy (non-hydrogen) atoms. The Morgan fingerprint density at radius 1 is 1.55 bits per heavy atom. The molecule has 0 radical (unpaired) electrons. The summed E-state index contributed by atoms with van der Waals surface area (Å²) in [7, 11) is 1.55. The molecule has 4 heteroatoms. The Morgan fingerprint density at radius 2 is 2.15 bits per heavy atom. The molecule has 2 N–H and O–H groups in total. The molecule has 0 aromatic rings. The summed E-state index contributed by atoms with van der Waals surface area (Å²) in [5.41, 5.74) is -1.42. The third kappa shape index (κ3) is 3.03. The number of carbonyl (C=O) groups excluding carboxylic acids is 1. The van der Waals surface area contributed by atoms with Crippen molar-refractivity contribution < 1.29 is 9.90 Å². The Morgan fingerprint density at radius 3 is 2.50 bits per heavy atom. The van der Waals surface area contributed by atoms with Crippen molar-refractivity contribution in [1.29, 1.82) is 5.26 Å². The molecule has 1 rings (SSSR count). The Hall–Kier alpha value is -1.78. The molecule has 0 aliphatic heterocycles. The topological polar surface area (TPSA) is 73.1 Å². The molecule has 0 saturated heterocycles. The summed E-state index contributed by atoms with van der Waals surface area (Å²) in [5, 5.41) is 22.6. The van der Waals surface area contributed by atoms with E-state index in [-0.39, 0.29) is 11.8 Å². The highest BCUT2D eigenvalue weighted by atomic mass is 16.3. The van der Waals surface area contributed by atoms with E-state index in [4.69, 9.17) is 0 Å². The summed E-state index contributed by atoms with van der Waals surface area (Å²) in [6.07, 6.45) is 3.38. The lowest BCUT2D eigenvalue weighted by atomic mass is 9.77. The fraction of sp³-hybridized carbons (Fsp3) is 0.625. The van der Waals surface area contributed by atoms with Gasteiger partial charge in [0, 0.05) is 18.7 Å². The van der Waals surface area contributed by atoms with Crippen molar-refractivity contribution in [3.8, 4) is 17.9 Å². The van der Waals surface area contributed by atoms with Crippen molar-refractivity contribution in [3.63, 3.8) is 0 Å². The summed E-state index contributed by atoms with van der Waals surface area (Å²) in [5.74, 6) is 5.39. The SMILES string of the molecule is CC/C(C#C[C@](O)(C(C)C)C1(C#N)CC1)=C/C(=O)NC. The van der Waals surface area contributed by atoms with E-state index in [0.717, 1.165) is 0 Å². The minimum Gasteiger partial charge on any atom is -0.376 e. The molecule has 0 aromatic heterocycles. The smallest absolute Gasteiger partial charge is 0.244 e. The highest BCUT2D eigenvalue weighted by molar-refractivity contribution is 5.88. The molecule has 108 valence electrons. The lowest BCUT2D eigenvalue weighted by Gasteiger charge is -2.31. The van der Waals surface area contributed by atoms with Crippen LogP contribution in [0.1, 0.15) is 40.0 Å². The summed E-state index contributed by atoms with van der Waals surface area (Å²) in [6, 6.07) is 2.22. The monoisotopic (exact) mass is 274 g/mol. The van der Waals surface area contributed by atoms with Gasteiger partial charge in [-0.25, -0.2) is 0 Å². The largest absolute Gasteiger partial charge is 0.376 e. The average Bonchev–Trinajstić information content (AvgIpc) is 3.23. The zero-order valence-electron chi connectivity index (χ0n) is 12.6. The van der Waals surface area contributed by atoms with E-state index in [2.05, 4.69) is 23.2 Å². The van der Waals surface area contributed by atoms with Crippen molar-refractivity contribution >= 4 is 5.91 Å². The Balaban J connectivity index is 3.10. The first kappa shape index (κ1) is 16.3. The van der Waals surface area contributed by atoms with E-state index in [1.165, 1.54) is 6.08 Å². The van der Waals surface area contributed by atoms with E-state index in [9.17, 15) is 15.2 Å². The third-order valence-corrected chi connectivity index (χ3v) is 3.88. The van der Waals surface area contributed by atoms with Crippen LogP contribution in [0.15, 0.2) is 11.6 Å². The molecule has 1 amide bonds. The van der Waals surface area contributed by atoms with Crippen molar-refractivity contribution in [1.82, 2.24) is 5.32 Å². The van der Waals surface area contributed by atoms with Crippen LogP contribution in [0.2, 0.25) is 0 Å². The zero-order chi connectivity index (χ0) is 15.4. The number of allylic oxidation sites excluding steroid dienone is 1. The van der Waals surface area contributed by atoms with Gasteiger partial charge < -0.3 is 10.4 Å². The van der Waals surface area contributed by atoms with Crippen LogP contribution >= 0.6 is 0 Å². The number of rotatable bonds is 4. The van der Waals surface area contributed by atoms with Crippen LogP contribution in [-0.4, -0.2) is 23.7 Å². The van der Waals surface area contributed by atoms with Gasteiger partial charge in [0.15, 0.2) is 0 Å². The van der Waals surface area contributed by atoms with Crippen LogP contribution in [0.4, 0.5) is 0 Å². The molecule has 1 aliphatic carbocycles. The lowest BCUT2D eigenvalue weighted by molar-refractivity contribution is -0.116. The maximum Gasteiger partial charge on any atom is 0.244 e. The van der Waals surface area contributed by atoms with Gasteiger partial charge in [-0.1, -0.05) is 32.6 Å². The van der Waals surface area contributed by atoms with Crippen molar-refractivity contribution in [2.75, 3.05) is 7.05 Å². The molecule has 0 bridgehead atoms. The van der Waals surface area contributed by atoms with Crippen LogP contribution in [0.25, 0.3) is 0 Å². The number of hydrogen-bond donors (Lipinski definition) is 2. The zero-order valence-corrected chi connectivity index (χ0v) is 12.6. The Labute approximate surface area is 120 Å². The predicted molar refractivity (Wildman–Crippen MR) is 77.3 cm³/mol. The van der Waals surface area contributed by atoms with Gasteiger partial charge in [0.2, 0.25) is 5.91 Å². The first-order chi connectivity index (χ1) is 9.35. The number of likely N-dealkylation sites (N-methyl/N-ethyl adjacent to an activating group) is 1. The second-order valence-electron chi connectivity index (χ2n) is 5.50. The number of aliphatic hydroxyl groups is 1. The van der Waals surface area contributed by atoms with Crippen LogP contribution in [0, 0.1) is 34.5 Å². The minimum atomic E-state index is -1.32. The van der Waals surface area contributed by atoms with Crippen molar-refractivity contribution in [2.24, 2.45) is 11.3 Å². The number of nitrogens with zero attached hydrogens (tertiary/aromatic N) is 1. The molecule has 1 fully saturated rings. The summed E-state index contributed by atoms with van der Waals surface area (Å²) in [6.45, 7) is 5.62. The number of amides is 1. The van der Waals surface area contributed by atoms with Gasteiger partial charge in [0.1, 0.15) is 5.60 Å². The van der Waals surface area contributed by atoms with Gasteiger partial charge in [-0.05, 0) is 25.2 Å². The molecule has 1 saturated carbocycles. The highest BCUT2D eigenvalue weighted by Crippen LogP contribution is 2.56. The maximum absolute atomic E-state index is 11.3. The van der Waals surface area contributed by atoms with E-state index < -0.39 is 11.0 Å². The lowest BCUT2D eigenvalue weighted by Crippen LogP contribution is -2.42. The number of nitrogens with one attached hydrogen (secondary N) is 1. The predicted octanol–water partition coefficient (Wildman–Crippen LogP) is 1.76. The Kier molecular flexibility index (Phi) is 4.98. The van der Waals surface area contributed by atoms with E-state index >= 15 is 0 Å². The second kappa shape index (κ2) is 6.11. The molecule has 0 spiro atoms. The average molecular weight is 274 g/mol. The minimum absolute atomic E-state index is 0.143. The Bertz CT molecular complexity index is 513. The molecule has 0 aromatic carbocycles. The molecule has 4 nitrogen and oxygen atoms in total. The quantitative estimate of drug-likeness (QED) is 0.606. The van der Waals surface area contributed by atoms with Gasteiger partial charge in [-0.15, -0.1) is 0 Å². The molecule has 0 unspecified atom stereocenters. The van der Waals surface area contributed by atoms with Gasteiger partial charge >= 0.3 is 0 Å². The molecule has 1 aliphatic rings. The summed E-state index contributed by atoms with van der Waals surface area (Å²) >= 11 is 0. The number of carbonyl (C=O) groups is 1. The van der Waals surface area contributed by atoms with Crippen molar-refractivity contribution in [3.05, 3.63) is 11.6 Å². The maximum atomic E-state index is 11.3. The van der Waals surface area contributed by atoms with Gasteiger partial charge in [0.05, 0.1) is 11.5 Å². The third-order valence-electron chi connectivity index (χ3n) is 3.88. The van der Waals surface area contributed by atoms with E-state index in [0.29, 0.717) is 24.8 Å². The van der Waals surface area contributed by atoms with Crippen LogP contribution in [-0.2, 0) is 4.79 Å². The van der Waals surface area contributed by atoms with Gasteiger partial charge in [0.25, 0.3) is 0 Å². The molecule has 1 atom stereocenters. The van der Waals surface area contributed by atoms with Crippen LogP contribution < -0.4 is 5.32 Å². The van der Waals surface area contributed by atoms with Crippen molar-refractivity contribution in [2.45, 2.75) is 45.6 Å². The second-order valence-corrected chi connectivity index (χ2v) is 5.50. The number of nitriles is 1.